The third kappa shape index (κ3) is 4.14. The molecule has 138 valence electrons. The molecule has 0 saturated carbocycles. The first-order chi connectivity index (χ1) is 12.1. The largest absolute Gasteiger partial charge is 0.497 e. The van der Waals surface area contributed by atoms with E-state index in [9.17, 15) is 4.79 Å². The fourth-order valence-electron chi connectivity index (χ4n) is 3.60. The SMILES string of the molecule is COc1cccc(C(=O)N2C[C@@H](OCCN(C)C)[C@H]3OCCC[C@H]32)c1. The van der Waals surface area contributed by atoms with Crippen molar-refractivity contribution in [2.24, 2.45) is 0 Å². The molecule has 2 saturated heterocycles. The van der Waals surface area contributed by atoms with Gasteiger partial charge in [0.15, 0.2) is 0 Å². The second kappa shape index (κ2) is 8.17. The molecule has 2 aliphatic rings. The maximum Gasteiger partial charge on any atom is 0.254 e. The number of hydrogen-bond acceptors (Lipinski definition) is 5. The van der Waals surface area contributed by atoms with E-state index in [0.29, 0.717) is 24.5 Å². The van der Waals surface area contributed by atoms with E-state index in [0.717, 1.165) is 26.0 Å². The zero-order chi connectivity index (χ0) is 17.8. The Morgan fingerprint density at radius 2 is 2.24 bits per heavy atom. The Hall–Kier alpha value is -1.63. The third-order valence-electron chi connectivity index (χ3n) is 4.93. The van der Waals surface area contributed by atoms with Crippen LogP contribution in [0, 0.1) is 0 Å². The van der Waals surface area contributed by atoms with Crippen LogP contribution < -0.4 is 4.74 Å². The second-order valence-corrected chi connectivity index (χ2v) is 6.95. The molecule has 0 aromatic heterocycles. The summed E-state index contributed by atoms with van der Waals surface area (Å²) in [4.78, 5) is 17.1. The molecule has 3 rings (SSSR count). The summed E-state index contributed by atoms with van der Waals surface area (Å²) in [5, 5.41) is 0. The van der Waals surface area contributed by atoms with Crippen molar-refractivity contribution < 1.29 is 19.0 Å². The molecule has 0 bridgehead atoms. The zero-order valence-corrected chi connectivity index (χ0v) is 15.3. The Morgan fingerprint density at radius 3 is 3.00 bits per heavy atom. The average Bonchev–Trinajstić information content (AvgIpc) is 3.00. The van der Waals surface area contributed by atoms with Gasteiger partial charge in [0.2, 0.25) is 0 Å². The van der Waals surface area contributed by atoms with Gasteiger partial charge in [-0.15, -0.1) is 0 Å². The first-order valence-electron chi connectivity index (χ1n) is 8.93. The summed E-state index contributed by atoms with van der Waals surface area (Å²) in [5.41, 5.74) is 0.651. The fraction of sp³-hybridized carbons (Fsp3) is 0.632. The number of rotatable bonds is 6. The van der Waals surface area contributed by atoms with Crippen LogP contribution in [0.4, 0.5) is 0 Å². The van der Waals surface area contributed by atoms with E-state index in [4.69, 9.17) is 14.2 Å². The number of carbonyl (C=O) groups is 1. The van der Waals surface area contributed by atoms with E-state index in [-0.39, 0.29) is 24.2 Å². The molecule has 0 spiro atoms. The maximum atomic E-state index is 13.0. The highest BCUT2D eigenvalue weighted by molar-refractivity contribution is 5.95. The molecule has 2 aliphatic heterocycles. The first kappa shape index (κ1) is 18.2. The topological polar surface area (TPSA) is 51.2 Å². The van der Waals surface area contributed by atoms with Gasteiger partial charge in [-0.25, -0.2) is 0 Å². The van der Waals surface area contributed by atoms with Crippen molar-refractivity contribution in [3.05, 3.63) is 29.8 Å². The van der Waals surface area contributed by atoms with Crippen LogP contribution in [0.5, 0.6) is 5.75 Å². The number of ether oxygens (including phenoxy) is 3. The molecule has 1 amide bonds. The van der Waals surface area contributed by atoms with E-state index >= 15 is 0 Å². The molecule has 6 nitrogen and oxygen atoms in total. The molecule has 2 heterocycles. The van der Waals surface area contributed by atoms with Crippen molar-refractivity contribution in [1.82, 2.24) is 9.80 Å². The monoisotopic (exact) mass is 348 g/mol. The number of fused-ring (bicyclic) bond motifs is 1. The molecular formula is C19H28N2O4. The molecular weight excluding hydrogens is 320 g/mol. The number of hydrogen-bond donors (Lipinski definition) is 0. The normalized spacial score (nSPS) is 25.9. The third-order valence-corrected chi connectivity index (χ3v) is 4.93. The lowest BCUT2D eigenvalue weighted by atomic mass is 10.0. The van der Waals surface area contributed by atoms with E-state index in [1.165, 1.54) is 0 Å². The van der Waals surface area contributed by atoms with Crippen LogP contribution in [0.15, 0.2) is 24.3 Å². The summed E-state index contributed by atoms with van der Waals surface area (Å²) in [6.07, 6.45) is 1.87. The molecule has 1 aromatic carbocycles. The number of carbonyl (C=O) groups excluding carboxylic acids is 1. The molecule has 1 aromatic rings. The molecule has 2 fully saturated rings. The van der Waals surface area contributed by atoms with Gasteiger partial charge in [-0.3, -0.25) is 4.79 Å². The molecule has 0 radical (unpaired) electrons. The van der Waals surface area contributed by atoms with Gasteiger partial charge in [-0.05, 0) is 45.1 Å². The zero-order valence-electron chi connectivity index (χ0n) is 15.3. The summed E-state index contributed by atoms with van der Waals surface area (Å²) < 4.78 is 17.3. The average molecular weight is 348 g/mol. The molecule has 0 N–H and O–H groups in total. The van der Waals surface area contributed by atoms with Gasteiger partial charge in [-0.2, -0.15) is 0 Å². The second-order valence-electron chi connectivity index (χ2n) is 6.95. The van der Waals surface area contributed by atoms with Gasteiger partial charge in [0, 0.05) is 18.7 Å². The van der Waals surface area contributed by atoms with Crippen molar-refractivity contribution in [3.63, 3.8) is 0 Å². The van der Waals surface area contributed by atoms with Crippen molar-refractivity contribution >= 4 is 5.91 Å². The highest BCUT2D eigenvalue weighted by atomic mass is 16.5. The Bertz CT molecular complexity index is 593. The lowest BCUT2D eigenvalue weighted by Crippen LogP contribution is -2.44. The highest BCUT2D eigenvalue weighted by Crippen LogP contribution is 2.32. The van der Waals surface area contributed by atoms with Crippen LogP contribution in [0.2, 0.25) is 0 Å². The Labute approximate surface area is 149 Å². The van der Waals surface area contributed by atoms with Gasteiger partial charge in [-0.1, -0.05) is 6.07 Å². The van der Waals surface area contributed by atoms with Gasteiger partial charge in [0.05, 0.1) is 26.3 Å². The minimum absolute atomic E-state index is 0.0227. The molecule has 0 aliphatic carbocycles. The lowest BCUT2D eigenvalue weighted by molar-refractivity contribution is -0.0776. The summed E-state index contributed by atoms with van der Waals surface area (Å²) in [7, 11) is 5.66. The van der Waals surface area contributed by atoms with E-state index in [2.05, 4.69) is 4.90 Å². The van der Waals surface area contributed by atoms with E-state index < -0.39 is 0 Å². The van der Waals surface area contributed by atoms with Crippen LogP contribution in [0.1, 0.15) is 23.2 Å². The lowest BCUT2D eigenvalue weighted by Gasteiger charge is -2.32. The number of likely N-dealkylation sites (tertiary alicyclic amines) is 1. The fourth-order valence-corrected chi connectivity index (χ4v) is 3.60. The Morgan fingerprint density at radius 1 is 1.40 bits per heavy atom. The van der Waals surface area contributed by atoms with Gasteiger partial charge in [0.25, 0.3) is 5.91 Å². The standard InChI is InChI=1S/C19H28N2O4/c1-20(2)9-11-24-17-13-21(16-8-5-10-25-18(16)17)19(22)14-6-4-7-15(12-14)23-3/h4,6-7,12,16-18H,5,8-11,13H2,1-3H3/t16-,17-,18+/m1/s1. The minimum Gasteiger partial charge on any atom is -0.497 e. The summed E-state index contributed by atoms with van der Waals surface area (Å²) in [6.45, 7) is 2.83. The van der Waals surface area contributed by atoms with Gasteiger partial charge in [0.1, 0.15) is 18.0 Å². The minimum atomic E-state index is -0.0557. The first-order valence-corrected chi connectivity index (χ1v) is 8.93. The van der Waals surface area contributed by atoms with Crippen molar-refractivity contribution in [2.45, 2.75) is 31.1 Å². The number of methoxy groups -OCH3 is 1. The van der Waals surface area contributed by atoms with E-state index in [1.54, 1.807) is 13.2 Å². The smallest absolute Gasteiger partial charge is 0.254 e. The highest BCUT2D eigenvalue weighted by Gasteiger charge is 2.46. The number of nitrogens with zero attached hydrogens (tertiary/aromatic N) is 2. The van der Waals surface area contributed by atoms with Gasteiger partial charge >= 0.3 is 0 Å². The van der Waals surface area contributed by atoms with Crippen molar-refractivity contribution in [1.29, 1.82) is 0 Å². The molecule has 25 heavy (non-hydrogen) atoms. The van der Waals surface area contributed by atoms with Crippen molar-refractivity contribution in [3.8, 4) is 5.75 Å². The summed E-state index contributed by atoms with van der Waals surface area (Å²) >= 11 is 0. The van der Waals surface area contributed by atoms with Crippen molar-refractivity contribution in [2.75, 3.05) is 47.5 Å². The number of benzene rings is 1. The van der Waals surface area contributed by atoms with Crippen LogP contribution in [0.25, 0.3) is 0 Å². The Kier molecular flexibility index (Phi) is 5.93. The predicted octanol–water partition coefficient (Wildman–Crippen LogP) is 1.65. The van der Waals surface area contributed by atoms with Crippen LogP contribution in [-0.2, 0) is 9.47 Å². The predicted molar refractivity (Wildman–Crippen MR) is 95.1 cm³/mol. The quantitative estimate of drug-likeness (QED) is 0.782. The Balaban J connectivity index is 1.72. The molecule has 6 heteroatoms. The number of likely N-dealkylation sites (N-methyl/N-ethyl adjacent to an activating group) is 1. The molecule has 0 unspecified atom stereocenters. The van der Waals surface area contributed by atoms with E-state index in [1.807, 2.05) is 37.2 Å². The van der Waals surface area contributed by atoms with Crippen LogP contribution in [0.3, 0.4) is 0 Å². The molecule has 3 atom stereocenters. The summed E-state index contributed by atoms with van der Waals surface area (Å²) in [5.74, 6) is 0.721. The summed E-state index contributed by atoms with van der Waals surface area (Å²) in [6, 6.07) is 7.42. The van der Waals surface area contributed by atoms with Crippen LogP contribution in [-0.4, -0.2) is 81.5 Å². The van der Waals surface area contributed by atoms with Crippen LogP contribution >= 0.6 is 0 Å². The maximum absolute atomic E-state index is 13.0. The number of amides is 1. The van der Waals surface area contributed by atoms with Gasteiger partial charge < -0.3 is 24.0 Å².